The molecule has 3 nitrogen and oxygen atoms in total. The molecule has 2 aliphatic heterocycles. The smallest absolute Gasteiger partial charge is 0.263 e. The molecule has 3 heterocycles. The summed E-state index contributed by atoms with van der Waals surface area (Å²) in [5, 5.41) is 3.44. The van der Waals surface area contributed by atoms with Gasteiger partial charge in [-0.15, -0.1) is 23.7 Å². The van der Waals surface area contributed by atoms with E-state index >= 15 is 0 Å². The van der Waals surface area contributed by atoms with Crippen molar-refractivity contribution in [2.24, 2.45) is 5.41 Å². The highest BCUT2D eigenvalue weighted by Gasteiger charge is 2.41. The molecular weight excluding hydrogens is 304 g/mol. The Hall–Kier alpha value is -0.580. The fourth-order valence-corrected chi connectivity index (χ4v) is 5.29. The molecule has 116 valence electrons. The molecule has 0 unspecified atom stereocenters. The van der Waals surface area contributed by atoms with Crippen molar-refractivity contribution >= 4 is 29.7 Å². The maximum atomic E-state index is 12.7. The second kappa shape index (κ2) is 5.90. The first-order valence-corrected chi connectivity index (χ1v) is 8.69. The zero-order valence-corrected chi connectivity index (χ0v) is 14.0. The summed E-state index contributed by atoms with van der Waals surface area (Å²) in [5.74, 6) is 0.291. The second-order valence-electron chi connectivity index (χ2n) is 6.64. The summed E-state index contributed by atoms with van der Waals surface area (Å²) in [6.07, 6.45) is 7.30. The van der Waals surface area contributed by atoms with E-state index in [1.165, 1.54) is 49.0 Å². The maximum absolute atomic E-state index is 12.7. The minimum atomic E-state index is 0. The van der Waals surface area contributed by atoms with Crippen LogP contribution in [0.3, 0.4) is 0 Å². The van der Waals surface area contributed by atoms with E-state index in [0.717, 1.165) is 31.1 Å². The summed E-state index contributed by atoms with van der Waals surface area (Å²) in [6.45, 7) is 4.18. The van der Waals surface area contributed by atoms with Crippen molar-refractivity contribution in [3.8, 4) is 0 Å². The van der Waals surface area contributed by atoms with Crippen molar-refractivity contribution in [2.45, 2.75) is 38.5 Å². The number of carbonyl (C=O) groups excluding carboxylic acids is 1. The summed E-state index contributed by atoms with van der Waals surface area (Å²) >= 11 is 1.75. The van der Waals surface area contributed by atoms with Crippen LogP contribution in [-0.2, 0) is 12.8 Å². The van der Waals surface area contributed by atoms with Gasteiger partial charge in [0.25, 0.3) is 5.91 Å². The Labute approximate surface area is 136 Å². The molecule has 1 amide bonds. The number of rotatable bonds is 1. The predicted octanol–water partition coefficient (Wildman–Crippen LogP) is 2.87. The first kappa shape index (κ1) is 15.3. The van der Waals surface area contributed by atoms with Crippen LogP contribution in [0.25, 0.3) is 0 Å². The molecule has 1 aliphatic carbocycles. The van der Waals surface area contributed by atoms with Gasteiger partial charge in [-0.2, -0.15) is 0 Å². The van der Waals surface area contributed by atoms with E-state index < -0.39 is 0 Å². The van der Waals surface area contributed by atoms with Gasteiger partial charge < -0.3 is 10.2 Å². The fourth-order valence-electron chi connectivity index (χ4n) is 4.06. The van der Waals surface area contributed by atoms with Gasteiger partial charge in [-0.1, -0.05) is 0 Å². The molecule has 1 N–H and O–H groups in total. The van der Waals surface area contributed by atoms with Crippen molar-refractivity contribution in [3.63, 3.8) is 0 Å². The van der Waals surface area contributed by atoms with Crippen LogP contribution in [0.15, 0.2) is 6.07 Å². The summed E-state index contributed by atoms with van der Waals surface area (Å²) in [4.78, 5) is 17.3. The van der Waals surface area contributed by atoms with E-state index in [9.17, 15) is 4.79 Å². The Morgan fingerprint density at radius 2 is 2.05 bits per heavy atom. The number of hydrogen-bond acceptors (Lipinski definition) is 3. The number of hydrogen-bond donors (Lipinski definition) is 1. The van der Waals surface area contributed by atoms with Gasteiger partial charge in [-0.05, 0) is 68.7 Å². The number of thiophene rings is 1. The number of carbonyl (C=O) groups is 1. The molecule has 0 radical (unpaired) electrons. The standard InChI is InChI=1S/C16H22N2OS.ClH/c19-15(14-10-12-2-1-3-13(12)20-14)18-9-6-16(11-18)4-7-17-8-5-16;/h10,17H,1-9,11H2;1H. The number of nitrogens with zero attached hydrogens (tertiary/aromatic N) is 1. The van der Waals surface area contributed by atoms with Crippen LogP contribution in [0, 0.1) is 5.41 Å². The van der Waals surface area contributed by atoms with Gasteiger partial charge in [0.1, 0.15) is 0 Å². The molecule has 0 atom stereocenters. The zero-order chi connectivity index (χ0) is 13.6. The highest BCUT2D eigenvalue weighted by molar-refractivity contribution is 7.14. The second-order valence-corrected chi connectivity index (χ2v) is 7.78. The monoisotopic (exact) mass is 326 g/mol. The van der Waals surface area contributed by atoms with Gasteiger partial charge in [-0.25, -0.2) is 0 Å². The minimum Gasteiger partial charge on any atom is -0.337 e. The quantitative estimate of drug-likeness (QED) is 0.860. The van der Waals surface area contributed by atoms with Crippen LogP contribution in [0.4, 0.5) is 0 Å². The van der Waals surface area contributed by atoms with Gasteiger partial charge >= 0.3 is 0 Å². The van der Waals surface area contributed by atoms with E-state index in [2.05, 4.69) is 16.3 Å². The van der Waals surface area contributed by atoms with E-state index in [-0.39, 0.29) is 12.4 Å². The van der Waals surface area contributed by atoms with Crippen molar-refractivity contribution in [2.75, 3.05) is 26.2 Å². The molecular formula is C16H23ClN2OS. The average molecular weight is 327 g/mol. The number of piperidine rings is 1. The molecule has 2 saturated heterocycles. The molecule has 1 spiro atoms. The van der Waals surface area contributed by atoms with E-state index in [0.29, 0.717) is 11.3 Å². The third-order valence-electron chi connectivity index (χ3n) is 5.35. The Bertz CT molecular complexity index is 515. The summed E-state index contributed by atoms with van der Waals surface area (Å²) < 4.78 is 0. The van der Waals surface area contributed by atoms with Gasteiger partial charge in [0, 0.05) is 18.0 Å². The topological polar surface area (TPSA) is 32.3 Å². The lowest BCUT2D eigenvalue weighted by Crippen LogP contribution is -2.39. The third-order valence-corrected chi connectivity index (χ3v) is 6.57. The van der Waals surface area contributed by atoms with Crippen LogP contribution in [0.1, 0.15) is 45.8 Å². The Kier molecular flexibility index (Phi) is 4.30. The molecule has 21 heavy (non-hydrogen) atoms. The van der Waals surface area contributed by atoms with Crippen LogP contribution in [0.2, 0.25) is 0 Å². The van der Waals surface area contributed by atoms with Crippen molar-refractivity contribution in [1.29, 1.82) is 0 Å². The number of amides is 1. The number of aryl methyl sites for hydroxylation is 2. The fraction of sp³-hybridized carbons (Fsp3) is 0.688. The number of nitrogens with one attached hydrogen (secondary N) is 1. The summed E-state index contributed by atoms with van der Waals surface area (Å²) in [6, 6.07) is 2.17. The van der Waals surface area contributed by atoms with Gasteiger partial charge in [-0.3, -0.25) is 4.79 Å². The Morgan fingerprint density at radius 3 is 2.81 bits per heavy atom. The third kappa shape index (κ3) is 2.73. The molecule has 5 heteroatoms. The van der Waals surface area contributed by atoms with E-state index in [4.69, 9.17) is 0 Å². The molecule has 3 aliphatic rings. The van der Waals surface area contributed by atoms with E-state index in [1.807, 2.05) is 0 Å². The minimum absolute atomic E-state index is 0. The highest BCUT2D eigenvalue weighted by Crippen LogP contribution is 2.40. The molecule has 4 rings (SSSR count). The normalized spacial score (nSPS) is 23.1. The first-order chi connectivity index (χ1) is 9.76. The van der Waals surface area contributed by atoms with Crippen LogP contribution >= 0.6 is 23.7 Å². The lowest BCUT2D eigenvalue weighted by atomic mass is 9.78. The lowest BCUT2D eigenvalue weighted by Gasteiger charge is -2.33. The van der Waals surface area contributed by atoms with Crippen LogP contribution in [-0.4, -0.2) is 37.0 Å². The zero-order valence-electron chi connectivity index (χ0n) is 12.3. The lowest BCUT2D eigenvalue weighted by molar-refractivity contribution is 0.0766. The first-order valence-electron chi connectivity index (χ1n) is 7.87. The molecule has 1 aromatic heterocycles. The average Bonchev–Trinajstić information content (AvgIpc) is 3.13. The molecule has 0 aromatic carbocycles. The van der Waals surface area contributed by atoms with Crippen molar-refractivity contribution in [3.05, 3.63) is 21.4 Å². The Morgan fingerprint density at radius 1 is 1.24 bits per heavy atom. The number of halogens is 1. The highest BCUT2D eigenvalue weighted by atomic mass is 35.5. The van der Waals surface area contributed by atoms with Gasteiger partial charge in [0.05, 0.1) is 4.88 Å². The number of likely N-dealkylation sites (tertiary alicyclic amines) is 1. The van der Waals surface area contributed by atoms with Gasteiger partial charge in [0.2, 0.25) is 0 Å². The summed E-state index contributed by atoms with van der Waals surface area (Å²) in [5.41, 5.74) is 1.86. The molecule has 1 aromatic rings. The van der Waals surface area contributed by atoms with Crippen molar-refractivity contribution in [1.82, 2.24) is 10.2 Å². The maximum Gasteiger partial charge on any atom is 0.263 e. The summed E-state index contributed by atoms with van der Waals surface area (Å²) in [7, 11) is 0. The molecule has 0 saturated carbocycles. The number of fused-ring (bicyclic) bond motifs is 1. The van der Waals surface area contributed by atoms with Gasteiger partial charge in [0.15, 0.2) is 0 Å². The van der Waals surface area contributed by atoms with E-state index in [1.54, 1.807) is 11.3 Å². The van der Waals surface area contributed by atoms with Crippen LogP contribution in [0.5, 0.6) is 0 Å². The molecule has 2 fully saturated rings. The van der Waals surface area contributed by atoms with Crippen LogP contribution < -0.4 is 5.32 Å². The largest absolute Gasteiger partial charge is 0.337 e. The molecule has 0 bridgehead atoms. The predicted molar refractivity (Wildman–Crippen MR) is 88.6 cm³/mol. The van der Waals surface area contributed by atoms with Crippen molar-refractivity contribution < 1.29 is 4.79 Å². The SMILES string of the molecule is Cl.O=C(c1cc2c(s1)CCC2)N1CCC2(CCNCC2)C1. The Balaban J connectivity index is 0.00000132.